The first-order valence-electron chi connectivity index (χ1n) is 6.62. The molecule has 2 atom stereocenters. The third-order valence-electron chi connectivity index (χ3n) is 3.82. The minimum Gasteiger partial charge on any atom is -0.504 e. The number of nitrogens with two attached hydrogens (primary N) is 1. The largest absolute Gasteiger partial charge is 0.504 e. The van der Waals surface area contributed by atoms with Crippen LogP contribution in [0.4, 0.5) is 0 Å². The van der Waals surface area contributed by atoms with Gasteiger partial charge in [-0.2, -0.15) is 0 Å². The van der Waals surface area contributed by atoms with Crippen molar-refractivity contribution in [2.75, 3.05) is 6.54 Å². The highest BCUT2D eigenvalue weighted by molar-refractivity contribution is 5.52. The van der Waals surface area contributed by atoms with Crippen LogP contribution in [0.3, 0.4) is 0 Å². The number of ether oxygens (including phenoxy) is 1. The number of fused-ring (bicyclic) bond motifs is 1. The molecule has 104 valence electrons. The van der Waals surface area contributed by atoms with E-state index in [0.717, 1.165) is 11.1 Å². The van der Waals surface area contributed by atoms with Crippen LogP contribution < -0.4 is 5.73 Å². The van der Waals surface area contributed by atoms with E-state index in [0.29, 0.717) is 18.7 Å². The van der Waals surface area contributed by atoms with E-state index in [1.807, 2.05) is 30.3 Å². The molecule has 20 heavy (non-hydrogen) atoms. The van der Waals surface area contributed by atoms with Gasteiger partial charge in [0, 0.05) is 18.0 Å². The molecule has 0 unspecified atom stereocenters. The SMILES string of the molecule is NC[C@H]1c2c(ccc(O)c2O)CO[C@H]1c1ccccc1. The molecule has 0 bridgehead atoms. The summed E-state index contributed by atoms with van der Waals surface area (Å²) in [5.74, 6) is -0.369. The van der Waals surface area contributed by atoms with E-state index >= 15 is 0 Å². The molecule has 0 spiro atoms. The average molecular weight is 271 g/mol. The molecule has 1 aliphatic heterocycles. The first-order chi connectivity index (χ1) is 9.72. The average Bonchev–Trinajstić information content (AvgIpc) is 2.50. The van der Waals surface area contributed by atoms with Crippen LogP contribution in [0, 0.1) is 0 Å². The molecule has 0 radical (unpaired) electrons. The van der Waals surface area contributed by atoms with E-state index in [1.165, 1.54) is 6.07 Å². The number of rotatable bonds is 2. The van der Waals surface area contributed by atoms with Crippen molar-refractivity contribution in [1.29, 1.82) is 0 Å². The Bertz CT molecular complexity index is 613. The number of hydrogen-bond acceptors (Lipinski definition) is 4. The molecule has 2 aromatic rings. The van der Waals surface area contributed by atoms with Crippen molar-refractivity contribution in [1.82, 2.24) is 0 Å². The van der Waals surface area contributed by atoms with Crippen molar-refractivity contribution in [2.45, 2.75) is 18.6 Å². The topological polar surface area (TPSA) is 75.7 Å². The minimum atomic E-state index is -0.207. The Morgan fingerprint density at radius 2 is 1.85 bits per heavy atom. The van der Waals surface area contributed by atoms with E-state index in [-0.39, 0.29) is 23.5 Å². The van der Waals surface area contributed by atoms with Crippen molar-refractivity contribution in [2.24, 2.45) is 5.73 Å². The van der Waals surface area contributed by atoms with Gasteiger partial charge in [-0.25, -0.2) is 0 Å². The van der Waals surface area contributed by atoms with Gasteiger partial charge in [-0.3, -0.25) is 0 Å². The zero-order valence-corrected chi connectivity index (χ0v) is 11.0. The molecule has 1 aliphatic rings. The van der Waals surface area contributed by atoms with Gasteiger partial charge in [0.05, 0.1) is 12.7 Å². The van der Waals surface area contributed by atoms with Gasteiger partial charge < -0.3 is 20.7 Å². The van der Waals surface area contributed by atoms with Gasteiger partial charge in [0.1, 0.15) is 0 Å². The van der Waals surface area contributed by atoms with Crippen LogP contribution in [0.1, 0.15) is 28.7 Å². The van der Waals surface area contributed by atoms with Crippen molar-refractivity contribution in [3.05, 3.63) is 59.2 Å². The Kier molecular flexibility index (Phi) is 3.34. The molecule has 0 saturated carbocycles. The van der Waals surface area contributed by atoms with Crippen molar-refractivity contribution in [3.8, 4) is 11.5 Å². The highest BCUT2D eigenvalue weighted by Gasteiger charge is 2.33. The summed E-state index contributed by atoms with van der Waals surface area (Å²) in [7, 11) is 0. The number of phenolic OH excluding ortho intramolecular Hbond substituents is 2. The monoisotopic (exact) mass is 271 g/mol. The Morgan fingerprint density at radius 1 is 1.10 bits per heavy atom. The predicted octanol–water partition coefficient (Wildman–Crippen LogP) is 2.41. The van der Waals surface area contributed by atoms with Gasteiger partial charge in [-0.05, 0) is 17.2 Å². The second-order valence-corrected chi connectivity index (χ2v) is 4.99. The summed E-state index contributed by atoms with van der Waals surface area (Å²) in [6.45, 7) is 0.739. The van der Waals surface area contributed by atoms with Crippen molar-refractivity contribution >= 4 is 0 Å². The van der Waals surface area contributed by atoms with Crippen molar-refractivity contribution < 1.29 is 14.9 Å². The minimum absolute atomic E-state index is 0.0813. The lowest BCUT2D eigenvalue weighted by Gasteiger charge is -2.34. The number of benzene rings is 2. The summed E-state index contributed by atoms with van der Waals surface area (Å²) in [6.07, 6.45) is -0.207. The maximum atomic E-state index is 10.1. The van der Waals surface area contributed by atoms with E-state index in [1.54, 1.807) is 6.07 Å². The molecule has 4 nitrogen and oxygen atoms in total. The Labute approximate surface area is 117 Å². The lowest BCUT2D eigenvalue weighted by atomic mass is 9.83. The van der Waals surface area contributed by atoms with Gasteiger partial charge in [0.25, 0.3) is 0 Å². The molecular weight excluding hydrogens is 254 g/mol. The quantitative estimate of drug-likeness (QED) is 0.733. The maximum Gasteiger partial charge on any atom is 0.161 e. The third-order valence-corrected chi connectivity index (χ3v) is 3.82. The second-order valence-electron chi connectivity index (χ2n) is 4.99. The van der Waals surface area contributed by atoms with Crippen LogP contribution in [0.25, 0.3) is 0 Å². The summed E-state index contributed by atoms with van der Waals surface area (Å²) in [4.78, 5) is 0. The molecule has 0 aromatic heterocycles. The molecule has 2 aromatic carbocycles. The number of hydrogen-bond donors (Lipinski definition) is 3. The summed E-state index contributed by atoms with van der Waals surface area (Å²) in [6, 6.07) is 13.1. The van der Waals surface area contributed by atoms with Crippen LogP contribution in [-0.4, -0.2) is 16.8 Å². The molecule has 3 rings (SSSR count). The summed E-state index contributed by atoms with van der Waals surface area (Å²) >= 11 is 0. The Balaban J connectivity index is 2.08. The Hall–Kier alpha value is -2.04. The zero-order chi connectivity index (χ0) is 14.1. The van der Waals surface area contributed by atoms with Gasteiger partial charge in [-0.15, -0.1) is 0 Å². The molecule has 0 amide bonds. The molecule has 4 N–H and O–H groups in total. The standard InChI is InChI=1S/C16H17NO3/c17-8-12-14-11(6-7-13(18)15(14)19)9-20-16(12)10-4-2-1-3-5-10/h1-7,12,16,18-19H,8-9,17H2/t12-,16-/m0/s1. The highest BCUT2D eigenvalue weighted by Crippen LogP contribution is 2.46. The fraction of sp³-hybridized carbons (Fsp3) is 0.250. The van der Waals surface area contributed by atoms with Crippen LogP contribution in [-0.2, 0) is 11.3 Å². The van der Waals surface area contributed by atoms with Crippen LogP contribution >= 0.6 is 0 Å². The first-order valence-corrected chi connectivity index (χ1v) is 6.62. The fourth-order valence-electron chi connectivity index (χ4n) is 2.84. The van der Waals surface area contributed by atoms with Crippen LogP contribution in [0.2, 0.25) is 0 Å². The summed E-state index contributed by atoms with van der Waals surface area (Å²) in [5, 5.41) is 19.9. The van der Waals surface area contributed by atoms with Gasteiger partial charge in [0.15, 0.2) is 11.5 Å². The Morgan fingerprint density at radius 3 is 2.55 bits per heavy atom. The van der Waals surface area contributed by atoms with Crippen LogP contribution in [0.5, 0.6) is 11.5 Å². The van der Waals surface area contributed by atoms with E-state index in [4.69, 9.17) is 10.5 Å². The number of phenols is 2. The lowest BCUT2D eigenvalue weighted by Crippen LogP contribution is -2.27. The molecule has 0 saturated heterocycles. The normalized spacial score (nSPS) is 21.4. The molecule has 1 heterocycles. The molecule has 0 aliphatic carbocycles. The maximum absolute atomic E-state index is 10.1. The van der Waals surface area contributed by atoms with Gasteiger partial charge >= 0.3 is 0 Å². The summed E-state index contributed by atoms with van der Waals surface area (Å²) < 4.78 is 5.92. The van der Waals surface area contributed by atoms with E-state index in [2.05, 4.69) is 0 Å². The lowest BCUT2D eigenvalue weighted by molar-refractivity contribution is 0.00695. The van der Waals surface area contributed by atoms with Crippen molar-refractivity contribution in [3.63, 3.8) is 0 Å². The third kappa shape index (κ3) is 2.03. The highest BCUT2D eigenvalue weighted by atomic mass is 16.5. The van der Waals surface area contributed by atoms with Gasteiger partial charge in [0.2, 0.25) is 0 Å². The van der Waals surface area contributed by atoms with E-state index in [9.17, 15) is 10.2 Å². The number of aromatic hydroxyl groups is 2. The van der Waals surface area contributed by atoms with E-state index < -0.39 is 0 Å². The van der Waals surface area contributed by atoms with Gasteiger partial charge in [-0.1, -0.05) is 36.4 Å². The summed E-state index contributed by atoms with van der Waals surface area (Å²) in [5.41, 5.74) is 8.50. The first kappa shape index (κ1) is 13.0. The van der Waals surface area contributed by atoms with Crippen LogP contribution in [0.15, 0.2) is 42.5 Å². The fourth-order valence-corrected chi connectivity index (χ4v) is 2.84. The smallest absolute Gasteiger partial charge is 0.161 e. The molecule has 0 fully saturated rings. The predicted molar refractivity (Wildman–Crippen MR) is 75.5 cm³/mol. The molecule has 4 heteroatoms. The second kappa shape index (κ2) is 5.15. The molecular formula is C16H17NO3. The zero-order valence-electron chi connectivity index (χ0n) is 11.0.